The summed E-state index contributed by atoms with van der Waals surface area (Å²) in [5.41, 5.74) is 1.67. The average Bonchev–Trinajstić information content (AvgIpc) is 3.38. The number of carbonyl (C=O) groups excluding carboxylic acids is 1. The number of ether oxygens (including phenoxy) is 2. The van der Waals surface area contributed by atoms with E-state index in [1.165, 1.54) is 16.6 Å². The van der Waals surface area contributed by atoms with Gasteiger partial charge in [-0.1, -0.05) is 18.7 Å². The van der Waals surface area contributed by atoms with Crippen LogP contribution in [0.25, 0.3) is 11.4 Å². The number of hydrogen-bond donors (Lipinski definition) is 1. The van der Waals surface area contributed by atoms with E-state index in [9.17, 15) is 4.79 Å². The third-order valence-corrected chi connectivity index (χ3v) is 6.36. The molecule has 2 heterocycles. The summed E-state index contributed by atoms with van der Waals surface area (Å²) in [6, 6.07) is 7.41. The Hall–Kier alpha value is -2.52. The van der Waals surface area contributed by atoms with Gasteiger partial charge in [-0.25, -0.2) is 0 Å². The first kappa shape index (κ1) is 21.2. The second kappa shape index (κ2) is 9.80. The summed E-state index contributed by atoms with van der Waals surface area (Å²) in [4.78, 5) is 13.8. The number of aryl methyl sites for hydroxylation is 1. The summed E-state index contributed by atoms with van der Waals surface area (Å²) in [5, 5.41) is 14.3. The third kappa shape index (κ3) is 4.91. The molecular weight excluding hydrogens is 408 g/mol. The van der Waals surface area contributed by atoms with Gasteiger partial charge < -0.3 is 19.4 Å². The first-order valence-corrected chi connectivity index (χ1v) is 11.1. The molecular formula is C20H24N4O3S2. The molecule has 1 amide bonds. The van der Waals surface area contributed by atoms with Crippen molar-refractivity contribution in [3.05, 3.63) is 34.5 Å². The van der Waals surface area contributed by atoms with Gasteiger partial charge in [-0.15, -0.1) is 21.5 Å². The Bertz CT molecular complexity index is 984. The van der Waals surface area contributed by atoms with Crippen LogP contribution in [0.2, 0.25) is 0 Å². The number of methoxy groups -OCH3 is 2. The van der Waals surface area contributed by atoms with Gasteiger partial charge in [0.25, 0.3) is 0 Å². The highest BCUT2D eigenvalue weighted by Gasteiger charge is 2.16. The van der Waals surface area contributed by atoms with Gasteiger partial charge in [0.2, 0.25) is 5.91 Å². The molecule has 0 saturated heterocycles. The van der Waals surface area contributed by atoms with E-state index in [4.69, 9.17) is 9.47 Å². The molecule has 0 aliphatic carbocycles. The highest BCUT2D eigenvalue weighted by atomic mass is 32.2. The lowest BCUT2D eigenvalue weighted by molar-refractivity contribution is -0.113. The van der Waals surface area contributed by atoms with Gasteiger partial charge in [0.05, 0.1) is 25.7 Å². The summed E-state index contributed by atoms with van der Waals surface area (Å²) in [5.74, 6) is 2.12. The zero-order valence-corrected chi connectivity index (χ0v) is 18.5. The van der Waals surface area contributed by atoms with Crippen LogP contribution in [0.5, 0.6) is 11.5 Å². The number of amides is 1. The monoisotopic (exact) mass is 432 g/mol. The zero-order chi connectivity index (χ0) is 20.8. The lowest BCUT2D eigenvalue weighted by Crippen LogP contribution is -2.15. The van der Waals surface area contributed by atoms with Crippen LogP contribution in [0.4, 0.5) is 5.69 Å². The summed E-state index contributed by atoms with van der Waals surface area (Å²) in [6.45, 7) is 4.92. The molecule has 0 saturated carbocycles. The van der Waals surface area contributed by atoms with Crippen molar-refractivity contribution >= 4 is 34.7 Å². The van der Waals surface area contributed by atoms with Gasteiger partial charge in [0, 0.05) is 28.4 Å². The third-order valence-electron chi connectivity index (χ3n) is 4.31. The van der Waals surface area contributed by atoms with Crippen LogP contribution >= 0.6 is 23.1 Å². The Balaban J connectivity index is 1.68. The van der Waals surface area contributed by atoms with Crippen molar-refractivity contribution in [2.75, 3.05) is 25.3 Å². The highest BCUT2D eigenvalue weighted by Crippen LogP contribution is 2.30. The number of rotatable bonds is 9. The van der Waals surface area contributed by atoms with E-state index >= 15 is 0 Å². The molecule has 1 N–H and O–H groups in total. The molecule has 0 atom stereocenters. The minimum absolute atomic E-state index is 0.144. The van der Waals surface area contributed by atoms with Crippen molar-refractivity contribution in [2.24, 2.45) is 0 Å². The fraction of sp³-hybridized carbons (Fsp3) is 0.350. The van der Waals surface area contributed by atoms with Crippen molar-refractivity contribution in [3.8, 4) is 22.9 Å². The molecule has 29 heavy (non-hydrogen) atoms. The minimum Gasteiger partial charge on any atom is -0.497 e. The van der Waals surface area contributed by atoms with E-state index in [0.717, 1.165) is 29.5 Å². The number of benzene rings is 1. The van der Waals surface area contributed by atoms with Crippen molar-refractivity contribution in [3.63, 3.8) is 0 Å². The number of anilines is 1. The van der Waals surface area contributed by atoms with Gasteiger partial charge in [-0.05, 0) is 31.5 Å². The Morgan fingerprint density at radius 2 is 2.03 bits per heavy atom. The van der Waals surface area contributed by atoms with Gasteiger partial charge in [0.15, 0.2) is 11.0 Å². The van der Waals surface area contributed by atoms with Gasteiger partial charge in [-0.3, -0.25) is 4.79 Å². The van der Waals surface area contributed by atoms with Crippen molar-refractivity contribution in [2.45, 2.75) is 32.0 Å². The fourth-order valence-corrected chi connectivity index (χ4v) is 4.41. The fourth-order valence-electron chi connectivity index (χ4n) is 2.80. The van der Waals surface area contributed by atoms with Gasteiger partial charge in [-0.2, -0.15) is 0 Å². The van der Waals surface area contributed by atoms with E-state index in [2.05, 4.69) is 33.9 Å². The number of aromatic nitrogens is 3. The maximum Gasteiger partial charge on any atom is 0.234 e. The van der Waals surface area contributed by atoms with Crippen molar-refractivity contribution in [1.29, 1.82) is 0 Å². The van der Waals surface area contributed by atoms with Crippen LogP contribution in [0.1, 0.15) is 18.7 Å². The Morgan fingerprint density at radius 3 is 2.69 bits per heavy atom. The van der Waals surface area contributed by atoms with Crippen LogP contribution in [-0.4, -0.2) is 40.6 Å². The van der Waals surface area contributed by atoms with E-state index in [1.807, 2.05) is 11.5 Å². The molecule has 154 valence electrons. The number of thioether (sulfide) groups is 1. The molecule has 0 bridgehead atoms. The first-order chi connectivity index (χ1) is 14.1. The molecule has 0 aliphatic rings. The lowest BCUT2D eigenvalue weighted by Gasteiger charge is -2.11. The van der Waals surface area contributed by atoms with Crippen LogP contribution in [-0.2, 0) is 17.8 Å². The largest absolute Gasteiger partial charge is 0.497 e. The summed E-state index contributed by atoms with van der Waals surface area (Å²) in [6.07, 6.45) is 1.00. The second-order valence-electron chi connectivity index (χ2n) is 6.11. The molecule has 0 spiro atoms. The average molecular weight is 433 g/mol. The Labute approximate surface area is 178 Å². The van der Waals surface area contributed by atoms with Crippen molar-refractivity contribution < 1.29 is 14.3 Å². The standard InChI is InChI=1S/C20H24N4O3S2/c1-5-15-9-13(11-28-15)19-22-23-20(24(19)6-2)29-12-18(25)21-16-8-7-14(26-3)10-17(16)27-4/h7-11H,5-6,12H2,1-4H3,(H,21,25). The molecule has 7 nitrogen and oxygen atoms in total. The number of carbonyl (C=O) groups is 1. The van der Waals surface area contributed by atoms with Crippen LogP contribution in [0.15, 0.2) is 34.8 Å². The number of thiophene rings is 1. The minimum atomic E-state index is -0.144. The molecule has 0 aliphatic heterocycles. The highest BCUT2D eigenvalue weighted by molar-refractivity contribution is 7.99. The molecule has 3 rings (SSSR count). The number of nitrogens with zero attached hydrogens (tertiary/aromatic N) is 3. The first-order valence-electron chi connectivity index (χ1n) is 9.25. The van der Waals surface area contributed by atoms with Crippen LogP contribution in [0, 0.1) is 0 Å². The lowest BCUT2D eigenvalue weighted by atomic mass is 10.2. The molecule has 0 unspecified atom stereocenters. The van der Waals surface area contributed by atoms with Crippen molar-refractivity contribution in [1.82, 2.24) is 14.8 Å². The maximum absolute atomic E-state index is 12.5. The molecule has 3 aromatic rings. The topological polar surface area (TPSA) is 78.3 Å². The number of hydrogen-bond acceptors (Lipinski definition) is 7. The number of nitrogens with one attached hydrogen (secondary N) is 1. The van der Waals surface area contributed by atoms with E-state index in [0.29, 0.717) is 17.2 Å². The summed E-state index contributed by atoms with van der Waals surface area (Å²) in [7, 11) is 3.14. The SMILES string of the molecule is CCc1cc(-c2nnc(SCC(=O)Nc3ccc(OC)cc3OC)n2CC)cs1. The molecule has 1 aromatic carbocycles. The Kier molecular flexibility index (Phi) is 7.16. The Morgan fingerprint density at radius 1 is 1.21 bits per heavy atom. The predicted octanol–water partition coefficient (Wildman–Crippen LogP) is 4.34. The van der Waals surface area contributed by atoms with E-state index in [1.54, 1.807) is 43.8 Å². The molecule has 2 aromatic heterocycles. The smallest absolute Gasteiger partial charge is 0.234 e. The summed E-state index contributed by atoms with van der Waals surface area (Å²) >= 11 is 3.09. The van der Waals surface area contributed by atoms with E-state index in [-0.39, 0.29) is 11.7 Å². The van der Waals surface area contributed by atoms with Crippen LogP contribution < -0.4 is 14.8 Å². The molecule has 0 fully saturated rings. The predicted molar refractivity (Wildman–Crippen MR) is 117 cm³/mol. The molecule has 0 radical (unpaired) electrons. The quantitative estimate of drug-likeness (QED) is 0.507. The van der Waals surface area contributed by atoms with Gasteiger partial charge >= 0.3 is 0 Å². The molecule has 9 heteroatoms. The summed E-state index contributed by atoms with van der Waals surface area (Å²) < 4.78 is 12.5. The maximum atomic E-state index is 12.5. The normalized spacial score (nSPS) is 10.8. The zero-order valence-electron chi connectivity index (χ0n) is 16.9. The van der Waals surface area contributed by atoms with E-state index < -0.39 is 0 Å². The van der Waals surface area contributed by atoms with Gasteiger partial charge in [0.1, 0.15) is 11.5 Å². The second-order valence-corrected chi connectivity index (χ2v) is 8.05. The van der Waals surface area contributed by atoms with Crippen LogP contribution in [0.3, 0.4) is 0 Å².